The molecule has 0 saturated carbocycles. The molecule has 8 heteroatoms. The van der Waals surface area contributed by atoms with Gasteiger partial charge in [-0.3, -0.25) is 4.79 Å². The lowest BCUT2D eigenvalue weighted by Gasteiger charge is -2.10. The highest BCUT2D eigenvalue weighted by Gasteiger charge is 2.19. The summed E-state index contributed by atoms with van der Waals surface area (Å²) in [4.78, 5) is 24.0. The van der Waals surface area contributed by atoms with Crippen LogP contribution in [0, 0.1) is 5.82 Å². The van der Waals surface area contributed by atoms with Crippen LogP contribution in [0.15, 0.2) is 48.5 Å². The van der Waals surface area contributed by atoms with Crippen molar-refractivity contribution in [2.75, 3.05) is 11.9 Å². The van der Waals surface area contributed by atoms with Gasteiger partial charge in [0.05, 0.1) is 5.69 Å². The average molecular weight is 390 g/mol. The molecule has 0 saturated heterocycles. The zero-order chi connectivity index (χ0) is 19.6. The maximum atomic E-state index is 13.7. The number of esters is 1. The minimum Gasteiger partial charge on any atom is -0.507 e. The van der Waals surface area contributed by atoms with Gasteiger partial charge < -0.3 is 20.3 Å². The fourth-order valence-electron chi connectivity index (χ4n) is 2.48. The van der Waals surface area contributed by atoms with E-state index in [9.17, 15) is 24.2 Å². The fourth-order valence-corrected chi connectivity index (χ4v) is 2.64. The molecule has 0 fully saturated rings. The number of carbonyl (C=O) groups excluding carboxylic acids is 2. The van der Waals surface area contributed by atoms with E-state index in [0.717, 1.165) is 12.1 Å². The monoisotopic (exact) mass is 389 g/mol. The maximum Gasteiger partial charge on any atom is 0.342 e. The lowest BCUT2D eigenvalue weighted by atomic mass is 10.0. The third-order valence-electron chi connectivity index (χ3n) is 3.75. The molecule has 3 aromatic carbocycles. The summed E-state index contributed by atoms with van der Waals surface area (Å²) in [5, 5.41) is 23.3. The number of fused-ring (bicyclic) bond motifs is 1. The zero-order valence-corrected chi connectivity index (χ0v) is 14.5. The van der Waals surface area contributed by atoms with E-state index in [2.05, 4.69) is 5.32 Å². The van der Waals surface area contributed by atoms with Crippen LogP contribution < -0.4 is 5.32 Å². The van der Waals surface area contributed by atoms with E-state index in [1.165, 1.54) is 18.2 Å². The molecular formula is C19H13ClFNO5. The Labute approximate surface area is 157 Å². The minimum atomic E-state index is -1.01. The number of phenolic OH excluding ortho intramolecular Hbond substituents is 2. The number of benzene rings is 3. The van der Waals surface area contributed by atoms with Gasteiger partial charge in [-0.1, -0.05) is 35.9 Å². The molecule has 0 aliphatic carbocycles. The number of carbonyl (C=O) groups is 2. The van der Waals surface area contributed by atoms with E-state index in [4.69, 9.17) is 16.3 Å². The molecule has 27 heavy (non-hydrogen) atoms. The van der Waals surface area contributed by atoms with Gasteiger partial charge in [-0.05, 0) is 24.3 Å². The summed E-state index contributed by atoms with van der Waals surface area (Å²) in [6.07, 6.45) is 0. The number of nitrogens with one attached hydrogen (secondary N) is 1. The first kappa shape index (κ1) is 18.5. The standard InChI is InChI=1S/C19H13ClFNO5/c20-10-5-6-15(14(21)7-10)22-17(24)9-27-19(26)13-8-16(23)11-3-1-2-4-12(11)18(13)25/h1-8,23,25H,9H2,(H,22,24). The van der Waals surface area contributed by atoms with Crippen molar-refractivity contribution in [1.82, 2.24) is 0 Å². The van der Waals surface area contributed by atoms with Gasteiger partial charge >= 0.3 is 5.97 Å². The summed E-state index contributed by atoms with van der Waals surface area (Å²) >= 11 is 5.63. The summed E-state index contributed by atoms with van der Waals surface area (Å²) in [5.74, 6) is -3.13. The second kappa shape index (κ2) is 7.51. The first-order chi connectivity index (χ1) is 12.9. The number of hydrogen-bond acceptors (Lipinski definition) is 5. The van der Waals surface area contributed by atoms with Crippen molar-refractivity contribution >= 4 is 39.9 Å². The Bertz CT molecular complexity index is 1050. The quantitative estimate of drug-likeness (QED) is 0.465. The minimum absolute atomic E-state index is 0.119. The molecule has 0 unspecified atom stereocenters. The first-order valence-corrected chi connectivity index (χ1v) is 8.10. The molecule has 0 bridgehead atoms. The van der Waals surface area contributed by atoms with Crippen LogP contribution >= 0.6 is 11.6 Å². The van der Waals surface area contributed by atoms with E-state index in [1.807, 2.05) is 0 Å². The van der Waals surface area contributed by atoms with Gasteiger partial charge in [-0.25, -0.2) is 9.18 Å². The molecule has 3 N–H and O–H groups in total. The van der Waals surface area contributed by atoms with Crippen molar-refractivity contribution in [3.63, 3.8) is 0 Å². The van der Waals surface area contributed by atoms with Gasteiger partial charge in [-0.2, -0.15) is 0 Å². The van der Waals surface area contributed by atoms with Crippen molar-refractivity contribution < 1.29 is 28.9 Å². The molecule has 3 rings (SSSR count). The number of amides is 1. The summed E-state index contributed by atoms with van der Waals surface area (Å²) in [6, 6.07) is 11.1. The molecule has 0 aromatic heterocycles. The van der Waals surface area contributed by atoms with Crippen LogP contribution in [-0.4, -0.2) is 28.7 Å². The molecule has 138 valence electrons. The first-order valence-electron chi connectivity index (χ1n) is 7.72. The smallest absolute Gasteiger partial charge is 0.342 e. The van der Waals surface area contributed by atoms with E-state index in [1.54, 1.807) is 18.2 Å². The van der Waals surface area contributed by atoms with Gasteiger partial charge in [-0.15, -0.1) is 0 Å². The normalized spacial score (nSPS) is 10.6. The largest absolute Gasteiger partial charge is 0.507 e. The number of halogens is 2. The van der Waals surface area contributed by atoms with Crippen molar-refractivity contribution in [2.24, 2.45) is 0 Å². The average Bonchev–Trinajstić information content (AvgIpc) is 2.65. The van der Waals surface area contributed by atoms with Crippen molar-refractivity contribution in [3.8, 4) is 11.5 Å². The summed E-state index contributed by atoms with van der Waals surface area (Å²) in [5.41, 5.74) is -0.414. The Morgan fingerprint density at radius 3 is 2.48 bits per heavy atom. The molecule has 0 heterocycles. The lowest BCUT2D eigenvalue weighted by molar-refractivity contribution is -0.119. The van der Waals surface area contributed by atoms with Crippen LogP contribution in [0.3, 0.4) is 0 Å². The lowest BCUT2D eigenvalue weighted by Crippen LogP contribution is -2.21. The van der Waals surface area contributed by atoms with Gasteiger partial charge in [0.2, 0.25) is 0 Å². The number of phenols is 2. The van der Waals surface area contributed by atoms with Crippen molar-refractivity contribution in [1.29, 1.82) is 0 Å². The molecule has 3 aromatic rings. The third kappa shape index (κ3) is 3.93. The van der Waals surface area contributed by atoms with Crippen molar-refractivity contribution in [2.45, 2.75) is 0 Å². The molecule has 0 aliphatic heterocycles. The van der Waals surface area contributed by atoms with Crippen LogP contribution in [0.25, 0.3) is 10.8 Å². The molecule has 0 atom stereocenters. The van der Waals surface area contributed by atoms with Gasteiger partial charge in [0.25, 0.3) is 5.91 Å². The third-order valence-corrected chi connectivity index (χ3v) is 3.99. The van der Waals surface area contributed by atoms with Crippen molar-refractivity contribution in [3.05, 3.63) is 64.9 Å². The van der Waals surface area contributed by atoms with Crippen LogP contribution in [0.5, 0.6) is 11.5 Å². The summed E-state index contributed by atoms with van der Waals surface area (Å²) < 4.78 is 18.5. The van der Waals surface area contributed by atoms with E-state index >= 15 is 0 Å². The summed E-state index contributed by atoms with van der Waals surface area (Å²) in [7, 11) is 0. The van der Waals surface area contributed by atoms with Crippen LogP contribution in [0.2, 0.25) is 5.02 Å². The zero-order valence-electron chi connectivity index (χ0n) is 13.7. The van der Waals surface area contributed by atoms with Gasteiger partial charge in [0.1, 0.15) is 22.9 Å². The van der Waals surface area contributed by atoms with Crippen LogP contribution in [0.4, 0.5) is 10.1 Å². The topological polar surface area (TPSA) is 95.9 Å². The Hall–Kier alpha value is -3.32. The second-order valence-electron chi connectivity index (χ2n) is 5.59. The SMILES string of the molecule is O=C(COC(=O)c1cc(O)c2ccccc2c1O)Nc1ccc(Cl)cc1F. The Morgan fingerprint density at radius 1 is 1.07 bits per heavy atom. The van der Waals surface area contributed by atoms with E-state index in [-0.39, 0.29) is 33.2 Å². The predicted octanol–water partition coefficient (Wildman–Crippen LogP) is 3.84. The molecule has 0 radical (unpaired) electrons. The van der Waals surface area contributed by atoms with E-state index < -0.39 is 24.3 Å². The molecule has 0 aliphatic rings. The maximum absolute atomic E-state index is 13.7. The number of ether oxygens (including phenoxy) is 1. The van der Waals surface area contributed by atoms with Gasteiger partial charge in [0, 0.05) is 15.8 Å². The van der Waals surface area contributed by atoms with E-state index in [0.29, 0.717) is 5.39 Å². The molecule has 1 amide bonds. The second-order valence-corrected chi connectivity index (χ2v) is 6.02. The molecule has 0 spiro atoms. The van der Waals surface area contributed by atoms with Crippen LogP contribution in [0.1, 0.15) is 10.4 Å². The number of anilines is 1. The van der Waals surface area contributed by atoms with Crippen LogP contribution in [-0.2, 0) is 9.53 Å². The summed E-state index contributed by atoms with van der Waals surface area (Å²) in [6.45, 7) is -0.714. The fraction of sp³-hybridized carbons (Fsp3) is 0.0526. The number of aromatic hydroxyl groups is 2. The number of hydrogen-bond donors (Lipinski definition) is 3. The highest BCUT2D eigenvalue weighted by atomic mass is 35.5. The Balaban J connectivity index is 1.71. The Kier molecular flexibility index (Phi) is 5.14. The number of rotatable bonds is 4. The predicted molar refractivity (Wildman–Crippen MR) is 97.6 cm³/mol. The Morgan fingerprint density at radius 2 is 1.78 bits per heavy atom. The molecular weight excluding hydrogens is 377 g/mol. The highest BCUT2D eigenvalue weighted by Crippen LogP contribution is 2.35. The van der Waals surface area contributed by atoms with Gasteiger partial charge in [0.15, 0.2) is 6.61 Å². The molecule has 6 nitrogen and oxygen atoms in total. The highest BCUT2D eigenvalue weighted by molar-refractivity contribution is 6.30.